The molecule has 0 spiro atoms. The molecule has 2 amide bonds. The summed E-state index contributed by atoms with van der Waals surface area (Å²) in [4.78, 5) is 14.5. The molecule has 7 heteroatoms. The first-order valence-electron chi connectivity index (χ1n) is 8.28. The molecule has 1 atom stereocenters. The fourth-order valence-corrected chi connectivity index (χ4v) is 3.14. The third kappa shape index (κ3) is 3.34. The lowest BCUT2D eigenvalue weighted by Gasteiger charge is -2.25. The summed E-state index contributed by atoms with van der Waals surface area (Å²) in [5.41, 5.74) is 1.11. The Labute approximate surface area is 141 Å². The zero-order chi connectivity index (χ0) is 16.9. The van der Waals surface area contributed by atoms with Crippen molar-refractivity contribution in [2.45, 2.75) is 38.9 Å². The lowest BCUT2D eigenvalue weighted by molar-refractivity contribution is 0.192. The third-order valence-electron chi connectivity index (χ3n) is 4.43. The highest BCUT2D eigenvalue weighted by Crippen LogP contribution is 2.33. The minimum Gasteiger partial charge on any atom is -0.497 e. The first-order chi connectivity index (χ1) is 11.7. The number of urea groups is 1. The van der Waals surface area contributed by atoms with Crippen LogP contribution in [0.25, 0.3) is 0 Å². The van der Waals surface area contributed by atoms with Gasteiger partial charge >= 0.3 is 6.03 Å². The molecule has 3 rings (SSSR count). The van der Waals surface area contributed by atoms with Gasteiger partial charge in [-0.3, -0.25) is 0 Å². The van der Waals surface area contributed by atoms with Gasteiger partial charge in [-0.05, 0) is 37.5 Å². The van der Waals surface area contributed by atoms with Crippen LogP contribution in [0, 0.1) is 0 Å². The van der Waals surface area contributed by atoms with Crippen molar-refractivity contribution >= 4 is 6.03 Å². The Morgan fingerprint density at radius 3 is 3.12 bits per heavy atom. The van der Waals surface area contributed by atoms with Gasteiger partial charge in [0.2, 0.25) is 0 Å². The summed E-state index contributed by atoms with van der Waals surface area (Å²) in [5.74, 6) is 1.58. The molecule has 128 valence electrons. The fourth-order valence-electron chi connectivity index (χ4n) is 3.14. The van der Waals surface area contributed by atoms with Crippen LogP contribution in [0.3, 0.4) is 0 Å². The van der Waals surface area contributed by atoms with Crippen LogP contribution in [0.4, 0.5) is 4.79 Å². The van der Waals surface area contributed by atoms with E-state index < -0.39 is 0 Å². The Kier molecular flexibility index (Phi) is 4.98. The molecule has 0 aliphatic carbocycles. The maximum atomic E-state index is 12.6. The largest absolute Gasteiger partial charge is 0.497 e. The molecule has 1 aromatic heterocycles. The number of likely N-dealkylation sites (tertiary alicyclic amines) is 1. The van der Waals surface area contributed by atoms with Crippen LogP contribution in [0.2, 0.25) is 0 Å². The summed E-state index contributed by atoms with van der Waals surface area (Å²) in [6, 6.07) is 7.96. The van der Waals surface area contributed by atoms with E-state index in [1.54, 1.807) is 13.4 Å². The van der Waals surface area contributed by atoms with Crippen LogP contribution in [-0.4, -0.2) is 39.4 Å². The molecule has 0 bridgehead atoms. The van der Waals surface area contributed by atoms with Crippen LogP contribution in [0.5, 0.6) is 5.75 Å². The van der Waals surface area contributed by atoms with E-state index in [-0.39, 0.29) is 12.1 Å². The summed E-state index contributed by atoms with van der Waals surface area (Å²) < 4.78 is 7.22. The number of aryl methyl sites for hydroxylation is 1. The zero-order valence-electron chi connectivity index (χ0n) is 14.1. The van der Waals surface area contributed by atoms with Crippen LogP contribution in [0.1, 0.15) is 37.2 Å². The molecular formula is C17H23N5O2. The number of carbonyl (C=O) groups excluding carboxylic acids is 1. The van der Waals surface area contributed by atoms with Gasteiger partial charge in [-0.2, -0.15) is 0 Å². The van der Waals surface area contributed by atoms with Gasteiger partial charge in [0.15, 0.2) is 5.82 Å². The van der Waals surface area contributed by atoms with Gasteiger partial charge in [0.1, 0.15) is 12.1 Å². The predicted octanol–water partition coefficient (Wildman–Crippen LogP) is 2.35. The van der Waals surface area contributed by atoms with E-state index in [4.69, 9.17) is 4.74 Å². The standard InChI is InChI=1S/C17H23N5O2/c1-3-21-12-19-20-16(21)11-18-17(23)22-9-5-8-15(22)13-6-4-7-14(10-13)24-2/h4,6-7,10,12,15H,3,5,8-9,11H2,1-2H3,(H,18,23). The summed E-state index contributed by atoms with van der Waals surface area (Å²) in [6.07, 6.45) is 3.64. The van der Waals surface area contributed by atoms with E-state index in [0.29, 0.717) is 6.54 Å². The molecule has 0 radical (unpaired) electrons. The maximum Gasteiger partial charge on any atom is 0.318 e. The number of nitrogens with one attached hydrogen (secondary N) is 1. The third-order valence-corrected chi connectivity index (χ3v) is 4.43. The molecule has 1 aliphatic rings. The Balaban J connectivity index is 1.67. The molecule has 2 aromatic rings. The summed E-state index contributed by atoms with van der Waals surface area (Å²) in [5, 5.41) is 10.9. The van der Waals surface area contributed by atoms with Gasteiger partial charge in [-0.15, -0.1) is 10.2 Å². The van der Waals surface area contributed by atoms with Gasteiger partial charge in [0.05, 0.1) is 19.7 Å². The van der Waals surface area contributed by atoms with Crippen LogP contribution in [-0.2, 0) is 13.1 Å². The average Bonchev–Trinajstić information content (AvgIpc) is 3.28. The SMILES string of the molecule is CCn1cnnc1CNC(=O)N1CCCC1c1cccc(OC)c1. The van der Waals surface area contributed by atoms with E-state index >= 15 is 0 Å². The molecule has 7 nitrogen and oxygen atoms in total. The van der Waals surface area contributed by atoms with Crippen molar-refractivity contribution in [3.63, 3.8) is 0 Å². The highest BCUT2D eigenvalue weighted by molar-refractivity contribution is 5.75. The number of ether oxygens (including phenoxy) is 1. The lowest BCUT2D eigenvalue weighted by Crippen LogP contribution is -2.39. The number of amides is 2. The van der Waals surface area contributed by atoms with E-state index in [1.807, 2.05) is 40.7 Å². The fraction of sp³-hybridized carbons (Fsp3) is 0.471. The number of methoxy groups -OCH3 is 1. The highest BCUT2D eigenvalue weighted by atomic mass is 16.5. The second kappa shape index (κ2) is 7.33. The Morgan fingerprint density at radius 2 is 2.33 bits per heavy atom. The molecule has 2 heterocycles. The van der Waals surface area contributed by atoms with E-state index in [1.165, 1.54) is 0 Å². The molecule has 1 aromatic carbocycles. The first-order valence-corrected chi connectivity index (χ1v) is 8.28. The molecule has 1 saturated heterocycles. The minimum atomic E-state index is -0.0639. The number of nitrogens with zero attached hydrogens (tertiary/aromatic N) is 4. The summed E-state index contributed by atoms with van der Waals surface area (Å²) >= 11 is 0. The monoisotopic (exact) mass is 329 g/mol. The van der Waals surface area contributed by atoms with Crippen molar-refractivity contribution < 1.29 is 9.53 Å². The van der Waals surface area contributed by atoms with E-state index in [9.17, 15) is 4.79 Å². The van der Waals surface area contributed by atoms with E-state index in [0.717, 1.165) is 43.1 Å². The van der Waals surface area contributed by atoms with Gasteiger partial charge in [-0.25, -0.2) is 4.79 Å². The lowest BCUT2D eigenvalue weighted by atomic mass is 10.0. The maximum absolute atomic E-state index is 12.6. The predicted molar refractivity (Wildman–Crippen MR) is 89.6 cm³/mol. The normalized spacial score (nSPS) is 17.1. The van der Waals surface area contributed by atoms with Crippen LogP contribution < -0.4 is 10.1 Å². The number of carbonyl (C=O) groups is 1. The van der Waals surface area contributed by atoms with Gasteiger partial charge in [0, 0.05) is 13.1 Å². The number of hydrogen-bond donors (Lipinski definition) is 1. The number of hydrogen-bond acceptors (Lipinski definition) is 4. The minimum absolute atomic E-state index is 0.0639. The average molecular weight is 329 g/mol. The topological polar surface area (TPSA) is 72.3 Å². The second-order valence-electron chi connectivity index (χ2n) is 5.82. The molecule has 24 heavy (non-hydrogen) atoms. The number of benzene rings is 1. The zero-order valence-corrected chi connectivity index (χ0v) is 14.1. The van der Waals surface area contributed by atoms with Crippen LogP contribution >= 0.6 is 0 Å². The van der Waals surface area contributed by atoms with Crippen molar-refractivity contribution in [3.8, 4) is 5.75 Å². The second-order valence-corrected chi connectivity index (χ2v) is 5.82. The van der Waals surface area contributed by atoms with Gasteiger partial charge < -0.3 is 19.5 Å². The molecular weight excluding hydrogens is 306 g/mol. The van der Waals surface area contributed by atoms with Crippen molar-refractivity contribution in [2.24, 2.45) is 0 Å². The van der Waals surface area contributed by atoms with Gasteiger partial charge in [-0.1, -0.05) is 12.1 Å². The smallest absolute Gasteiger partial charge is 0.318 e. The van der Waals surface area contributed by atoms with Crippen molar-refractivity contribution in [2.75, 3.05) is 13.7 Å². The highest BCUT2D eigenvalue weighted by Gasteiger charge is 2.30. The molecule has 1 unspecified atom stereocenters. The Hall–Kier alpha value is -2.57. The van der Waals surface area contributed by atoms with Crippen LogP contribution in [0.15, 0.2) is 30.6 Å². The van der Waals surface area contributed by atoms with Crippen molar-refractivity contribution in [3.05, 3.63) is 42.0 Å². The van der Waals surface area contributed by atoms with Gasteiger partial charge in [0.25, 0.3) is 0 Å². The quantitative estimate of drug-likeness (QED) is 0.914. The molecule has 1 aliphatic heterocycles. The summed E-state index contributed by atoms with van der Waals surface area (Å²) in [6.45, 7) is 3.95. The molecule has 1 N–H and O–H groups in total. The summed E-state index contributed by atoms with van der Waals surface area (Å²) in [7, 11) is 1.65. The van der Waals surface area contributed by atoms with Crippen molar-refractivity contribution in [1.29, 1.82) is 0 Å². The number of aromatic nitrogens is 3. The molecule has 1 fully saturated rings. The van der Waals surface area contributed by atoms with Crippen molar-refractivity contribution in [1.82, 2.24) is 25.0 Å². The Morgan fingerprint density at radius 1 is 1.46 bits per heavy atom. The first kappa shape index (κ1) is 16.3. The van der Waals surface area contributed by atoms with E-state index in [2.05, 4.69) is 15.5 Å². The number of rotatable bonds is 5. The molecule has 0 saturated carbocycles. The Bertz CT molecular complexity index is 700.